The zero-order valence-electron chi connectivity index (χ0n) is 17.3. The van der Waals surface area contributed by atoms with Gasteiger partial charge in [0.25, 0.3) is 11.8 Å². The molecule has 2 aromatic rings. The number of carbonyl (C=O) groups excluding carboxylic acids is 2. The van der Waals surface area contributed by atoms with E-state index in [4.69, 9.17) is 19.9 Å². The number of methoxy groups -OCH3 is 2. The minimum Gasteiger partial charge on any atom is -0.493 e. The molecule has 0 radical (unpaired) electrons. The third kappa shape index (κ3) is 4.64. The van der Waals surface area contributed by atoms with Gasteiger partial charge in [-0.3, -0.25) is 14.6 Å². The van der Waals surface area contributed by atoms with Crippen molar-refractivity contribution in [1.82, 2.24) is 4.98 Å². The van der Waals surface area contributed by atoms with E-state index in [0.29, 0.717) is 12.0 Å². The number of nitrogens with two attached hydrogens (primary N) is 1. The van der Waals surface area contributed by atoms with E-state index in [2.05, 4.69) is 10.3 Å². The Morgan fingerprint density at radius 1 is 1.32 bits per heavy atom. The fourth-order valence-electron chi connectivity index (χ4n) is 3.82. The fraction of sp³-hybridized carbons (Fsp3) is 0.381. The molecule has 1 aromatic heterocycles. The van der Waals surface area contributed by atoms with Crippen molar-refractivity contribution in [2.24, 2.45) is 5.73 Å². The molecule has 3 N–H and O–H groups in total. The monoisotopic (exact) mass is 435 g/mol. The summed E-state index contributed by atoms with van der Waals surface area (Å²) < 4.78 is 44.4. The van der Waals surface area contributed by atoms with Crippen LogP contribution >= 0.6 is 0 Å². The number of aromatic nitrogens is 1. The van der Waals surface area contributed by atoms with Gasteiger partial charge >= 0.3 is 0 Å². The summed E-state index contributed by atoms with van der Waals surface area (Å²) in [5.74, 6) is -4.42. The first kappa shape index (κ1) is 22.6. The average molecular weight is 435 g/mol. The van der Waals surface area contributed by atoms with Crippen LogP contribution in [0.25, 0.3) is 0 Å². The van der Waals surface area contributed by atoms with Crippen molar-refractivity contribution in [2.45, 2.75) is 31.0 Å². The van der Waals surface area contributed by atoms with Gasteiger partial charge in [-0.2, -0.15) is 4.39 Å². The first-order chi connectivity index (χ1) is 14.7. The number of benzene rings is 1. The van der Waals surface area contributed by atoms with Crippen molar-refractivity contribution in [3.63, 3.8) is 0 Å². The molecule has 31 heavy (non-hydrogen) atoms. The number of nitrogens with one attached hydrogen (secondary N) is 1. The molecule has 1 aliphatic rings. The summed E-state index contributed by atoms with van der Waals surface area (Å²) >= 11 is 0. The second kappa shape index (κ2) is 8.94. The van der Waals surface area contributed by atoms with Gasteiger partial charge in [0, 0.05) is 30.5 Å². The lowest BCUT2D eigenvalue weighted by molar-refractivity contribution is -0.134. The minimum absolute atomic E-state index is 0.0202. The van der Waals surface area contributed by atoms with E-state index < -0.39 is 41.1 Å². The molecule has 0 bridgehead atoms. The number of anilines is 1. The molecule has 3 atom stereocenters. The molecule has 1 saturated heterocycles. The quantitative estimate of drug-likeness (QED) is 0.691. The highest BCUT2D eigenvalue weighted by Gasteiger charge is 2.48. The van der Waals surface area contributed by atoms with Gasteiger partial charge in [-0.15, -0.1) is 0 Å². The topological polar surface area (TPSA) is 113 Å². The maximum Gasteiger partial charge on any atom is 0.267 e. The predicted molar refractivity (Wildman–Crippen MR) is 107 cm³/mol. The second-order valence-corrected chi connectivity index (χ2v) is 7.50. The standard InChI is InChI=1S/C21H23F2N3O5/c1-21(10-29-2)9-13(12-4-5-14(22)16(23)17(12)30-3)18(31-21)20(28)26-11-6-7-25-15(8-11)19(24)27/h4-8,13,18H,9-10H2,1-3H3,(H2,24,27)(H,25,26,28)/t13-,18+,21?/m0/s1. The van der Waals surface area contributed by atoms with Crippen LogP contribution in [0.3, 0.4) is 0 Å². The van der Waals surface area contributed by atoms with Crippen molar-refractivity contribution in [1.29, 1.82) is 0 Å². The van der Waals surface area contributed by atoms with E-state index in [1.807, 2.05) is 0 Å². The molecular weight excluding hydrogens is 412 g/mol. The Kier molecular flexibility index (Phi) is 6.51. The third-order valence-electron chi connectivity index (χ3n) is 5.10. The Balaban J connectivity index is 1.96. The smallest absolute Gasteiger partial charge is 0.267 e. The molecule has 10 heteroatoms. The van der Waals surface area contributed by atoms with Crippen LogP contribution in [0.15, 0.2) is 30.5 Å². The Morgan fingerprint density at radius 3 is 2.71 bits per heavy atom. The first-order valence-corrected chi connectivity index (χ1v) is 9.44. The summed E-state index contributed by atoms with van der Waals surface area (Å²) in [4.78, 5) is 28.3. The summed E-state index contributed by atoms with van der Waals surface area (Å²) in [6, 6.07) is 5.18. The highest BCUT2D eigenvalue weighted by molar-refractivity contribution is 5.97. The highest BCUT2D eigenvalue weighted by Crippen LogP contribution is 2.45. The summed E-state index contributed by atoms with van der Waals surface area (Å²) in [6.45, 7) is 1.95. The normalized spacial score (nSPS) is 22.9. The van der Waals surface area contributed by atoms with Crippen LogP contribution in [0, 0.1) is 11.6 Å². The van der Waals surface area contributed by atoms with Crippen molar-refractivity contribution in [3.8, 4) is 5.75 Å². The maximum atomic E-state index is 14.3. The minimum atomic E-state index is -1.14. The molecule has 8 nitrogen and oxygen atoms in total. The lowest BCUT2D eigenvalue weighted by Gasteiger charge is -2.23. The van der Waals surface area contributed by atoms with E-state index in [-0.39, 0.29) is 23.7 Å². The summed E-state index contributed by atoms with van der Waals surface area (Å²) in [5, 5.41) is 2.66. The number of halogens is 2. The summed E-state index contributed by atoms with van der Waals surface area (Å²) in [7, 11) is 2.72. The lowest BCUT2D eigenvalue weighted by atomic mass is 9.86. The van der Waals surface area contributed by atoms with Gasteiger partial charge in [0.15, 0.2) is 11.6 Å². The van der Waals surface area contributed by atoms with E-state index in [1.165, 1.54) is 38.6 Å². The van der Waals surface area contributed by atoms with Crippen LogP contribution in [-0.4, -0.2) is 49.3 Å². The van der Waals surface area contributed by atoms with Crippen LogP contribution < -0.4 is 15.8 Å². The number of rotatable bonds is 7. The van der Waals surface area contributed by atoms with E-state index >= 15 is 0 Å². The molecule has 1 unspecified atom stereocenters. The number of nitrogens with zero attached hydrogens (tertiary/aromatic N) is 1. The molecule has 1 fully saturated rings. The number of hydrogen-bond acceptors (Lipinski definition) is 6. The van der Waals surface area contributed by atoms with Crippen molar-refractivity contribution in [2.75, 3.05) is 26.1 Å². The zero-order valence-corrected chi connectivity index (χ0v) is 17.3. The Bertz CT molecular complexity index is 1000. The van der Waals surface area contributed by atoms with Crippen LogP contribution in [-0.2, 0) is 14.3 Å². The van der Waals surface area contributed by atoms with Crippen LogP contribution in [0.5, 0.6) is 5.75 Å². The first-order valence-electron chi connectivity index (χ1n) is 9.44. The number of hydrogen-bond donors (Lipinski definition) is 2. The van der Waals surface area contributed by atoms with Crippen LogP contribution in [0.1, 0.15) is 35.3 Å². The fourth-order valence-corrected chi connectivity index (χ4v) is 3.82. The van der Waals surface area contributed by atoms with Crippen molar-refractivity contribution in [3.05, 3.63) is 53.4 Å². The van der Waals surface area contributed by atoms with Gasteiger partial charge in [-0.25, -0.2) is 4.39 Å². The lowest BCUT2D eigenvalue weighted by Crippen LogP contribution is -2.35. The SMILES string of the molecule is COCC1(C)C[C@@H](c2ccc(F)c(F)c2OC)[C@H](C(=O)Nc2ccnc(C(N)=O)c2)O1. The van der Waals surface area contributed by atoms with E-state index in [9.17, 15) is 18.4 Å². The van der Waals surface area contributed by atoms with Gasteiger partial charge in [0.05, 0.1) is 19.3 Å². The average Bonchev–Trinajstić information content (AvgIpc) is 3.07. The molecule has 1 aromatic carbocycles. The molecule has 1 aliphatic heterocycles. The number of primary amides is 1. The molecular formula is C21H23F2N3O5. The van der Waals surface area contributed by atoms with Gasteiger partial charge in [0.2, 0.25) is 5.82 Å². The molecule has 0 aliphatic carbocycles. The van der Waals surface area contributed by atoms with Crippen molar-refractivity contribution < 1.29 is 32.6 Å². The number of carbonyl (C=O) groups is 2. The number of amides is 2. The van der Waals surface area contributed by atoms with Gasteiger partial charge in [0.1, 0.15) is 11.8 Å². The van der Waals surface area contributed by atoms with Crippen LogP contribution in [0.4, 0.5) is 14.5 Å². The van der Waals surface area contributed by atoms with Gasteiger partial charge in [-0.05, 0) is 31.5 Å². The Morgan fingerprint density at radius 2 is 2.06 bits per heavy atom. The molecule has 2 amide bonds. The Hall–Kier alpha value is -3.11. The predicted octanol–water partition coefficient (Wildman–Crippen LogP) is 2.38. The molecule has 2 heterocycles. The third-order valence-corrected chi connectivity index (χ3v) is 5.10. The van der Waals surface area contributed by atoms with Crippen LogP contribution in [0.2, 0.25) is 0 Å². The zero-order chi connectivity index (χ0) is 22.8. The van der Waals surface area contributed by atoms with Gasteiger partial charge < -0.3 is 25.3 Å². The van der Waals surface area contributed by atoms with E-state index in [0.717, 1.165) is 6.07 Å². The van der Waals surface area contributed by atoms with E-state index in [1.54, 1.807) is 6.92 Å². The van der Waals surface area contributed by atoms with Crippen molar-refractivity contribution >= 4 is 17.5 Å². The Labute approximate surface area is 177 Å². The molecule has 3 rings (SSSR count). The van der Waals surface area contributed by atoms with Gasteiger partial charge in [-0.1, -0.05) is 6.07 Å². The molecule has 0 saturated carbocycles. The summed E-state index contributed by atoms with van der Waals surface area (Å²) in [5.41, 5.74) is 4.94. The largest absolute Gasteiger partial charge is 0.493 e. The summed E-state index contributed by atoms with van der Waals surface area (Å²) in [6.07, 6.45) is 0.559. The second-order valence-electron chi connectivity index (χ2n) is 7.50. The number of pyridine rings is 1. The molecule has 166 valence electrons. The maximum absolute atomic E-state index is 14.3. The number of ether oxygens (including phenoxy) is 3. The molecule has 0 spiro atoms. The highest BCUT2D eigenvalue weighted by atomic mass is 19.2.